The molecule has 0 saturated carbocycles. The van der Waals surface area contributed by atoms with E-state index >= 15 is 0 Å². The average molecular weight is 313 g/mol. The molecule has 3 aromatic rings. The fourth-order valence-corrected chi connectivity index (χ4v) is 3.15. The molecule has 0 aliphatic carbocycles. The van der Waals surface area contributed by atoms with Gasteiger partial charge in [-0.2, -0.15) is 0 Å². The van der Waals surface area contributed by atoms with E-state index in [1.165, 1.54) is 0 Å². The SMILES string of the molecule is CCCN(CCC)Cc1cc(=O)oc2cc3occ(C)c3cc12. The van der Waals surface area contributed by atoms with Crippen molar-refractivity contribution in [1.82, 2.24) is 4.90 Å². The highest BCUT2D eigenvalue weighted by atomic mass is 16.4. The predicted molar refractivity (Wildman–Crippen MR) is 92.9 cm³/mol. The van der Waals surface area contributed by atoms with Crippen LogP contribution in [0.25, 0.3) is 21.9 Å². The summed E-state index contributed by atoms with van der Waals surface area (Å²) in [6, 6.07) is 5.53. The van der Waals surface area contributed by atoms with Crippen LogP contribution in [0.1, 0.15) is 37.8 Å². The van der Waals surface area contributed by atoms with Crippen molar-refractivity contribution in [3.63, 3.8) is 0 Å². The summed E-state index contributed by atoms with van der Waals surface area (Å²) in [4.78, 5) is 14.3. The maximum absolute atomic E-state index is 11.9. The molecule has 2 aromatic heterocycles. The summed E-state index contributed by atoms with van der Waals surface area (Å²) in [5.41, 5.74) is 3.18. The van der Waals surface area contributed by atoms with E-state index in [4.69, 9.17) is 8.83 Å². The number of hydrogen-bond donors (Lipinski definition) is 0. The summed E-state index contributed by atoms with van der Waals surface area (Å²) in [7, 11) is 0. The van der Waals surface area contributed by atoms with E-state index in [2.05, 4.69) is 24.8 Å². The Morgan fingerprint density at radius 2 is 1.74 bits per heavy atom. The van der Waals surface area contributed by atoms with Crippen molar-refractivity contribution < 1.29 is 8.83 Å². The minimum absolute atomic E-state index is 0.303. The lowest BCUT2D eigenvalue weighted by Crippen LogP contribution is -2.25. The highest BCUT2D eigenvalue weighted by molar-refractivity contribution is 5.96. The summed E-state index contributed by atoms with van der Waals surface area (Å²) in [6.07, 6.45) is 3.94. The lowest BCUT2D eigenvalue weighted by molar-refractivity contribution is 0.267. The van der Waals surface area contributed by atoms with E-state index in [9.17, 15) is 4.79 Å². The van der Waals surface area contributed by atoms with Gasteiger partial charge in [-0.05, 0) is 50.0 Å². The third-order valence-corrected chi connectivity index (χ3v) is 4.19. The van der Waals surface area contributed by atoms with Gasteiger partial charge in [-0.15, -0.1) is 0 Å². The first-order chi connectivity index (χ1) is 11.1. The molecule has 2 heterocycles. The van der Waals surface area contributed by atoms with Crippen LogP contribution in [-0.2, 0) is 6.54 Å². The third-order valence-electron chi connectivity index (χ3n) is 4.19. The fourth-order valence-electron chi connectivity index (χ4n) is 3.15. The van der Waals surface area contributed by atoms with Crippen LogP contribution in [0.15, 0.2) is 38.1 Å². The Bertz CT molecular complexity index is 869. The molecule has 122 valence electrons. The molecular formula is C19H23NO3. The van der Waals surface area contributed by atoms with Gasteiger partial charge in [0.05, 0.1) is 6.26 Å². The molecule has 4 nitrogen and oxygen atoms in total. The minimum atomic E-state index is -0.303. The molecule has 0 bridgehead atoms. The molecule has 0 spiro atoms. The Morgan fingerprint density at radius 1 is 1.00 bits per heavy atom. The molecule has 0 atom stereocenters. The highest BCUT2D eigenvalue weighted by Crippen LogP contribution is 2.28. The normalized spacial score (nSPS) is 11.8. The van der Waals surface area contributed by atoms with Crippen molar-refractivity contribution in [2.75, 3.05) is 13.1 Å². The zero-order valence-electron chi connectivity index (χ0n) is 14.0. The number of aryl methyl sites for hydroxylation is 1. The van der Waals surface area contributed by atoms with Gasteiger partial charge in [0.1, 0.15) is 11.2 Å². The molecule has 4 heteroatoms. The van der Waals surface area contributed by atoms with Gasteiger partial charge in [-0.25, -0.2) is 4.79 Å². The van der Waals surface area contributed by atoms with E-state index in [1.807, 2.05) is 13.0 Å². The van der Waals surface area contributed by atoms with Gasteiger partial charge in [-0.3, -0.25) is 4.90 Å². The monoisotopic (exact) mass is 313 g/mol. The largest absolute Gasteiger partial charge is 0.464 e. The van der Waals surface area contributed by atoms with Crippen molar-refractivity contribution in [2.24, 2.45) is 0 Å². The number of hydrogen-bond acceptors (Lipinski definition) is 4. The number of fused-ring (bicyclic) bond motifs is 2. The van der Waals surface area contributed by atoms with Crippen LogP contribution in [0.4, 0.5) is 0 Å². The second kappa shape index (κ2) is 6.59. The zero-order chi connectivity index (χ0) is 16.4. The van der Waals surface area contributed by atoms with E-state index in [1.54, 1.807) is 12.3 Å². The van der Waals surface area contributed by atoms with E-state index < -0.39 is 0 Å². The quantitative estimate of drug-likeness (QED) is 0.630. The maximum Gasteiger partial charge on any atom is 0.336 e. The smallest absolute Gasteiger partial charge is 0.336 e. The molecule has 0 unspecified atom stereocenters. The highest BCUT2D eigenvalue weighted by Gasteiger charge is 2.13. The van der Waals surface area contributed by atoms with Gasteiger partial charge < -0.3 is 8.83 Å². The first kappa shape index (κ1) is 15.8. The lowest BCUT2D eigenvalue weighted by Gasteiger charge is -2.21. The summed E-state index contributed by atoms with van der Waals surface area (Å²) in [6.45, 7) is 9.21. The fraction of sp³-hybridized carbons (Fsp3) is 0.421. The van der Waals surface area contributed by atoms with Crippen molar-refractivity contribution in [3.05, 3.63) is 46.0 Å². The molecule has 0 aliphatic heterocycles. The zero-order valence-corrected chi connectivity index (χ0v) is 14.0. The molecule has 0 aliphatic rings. The van der Waals surface area contributed by atoms with Gasteiger partial charge in [0, 0.05) is 29.4 Å². The Morgan fingerprint density at radius 3 is 2.43 bits per heavy atom. The van der Waals surface area contributed by atoms with Crippen molar-refractivity contribution >= 4 is 21.9 Å². The molecule has 0 saturated heterocycles. The molecule has 0 fully saturated rings. The average Bonchev–Trinajstić information content (AvgIpc) is 2.86. The molecule has 0 radical (unpaired) electrons. The maximum atomic E-state index is 11.9. The summed E-state index contributed by atoms with van der Waals surface area (Å²) >= 11 is 0. The van der Waals surface area contributed by atoms with Crippen LogP contribution in [0, 0.1) is 6.92 Å². The Balaban J connectivity index is 2.12. The van der Waals surface area contributed by atoms with Gasteiger partial charge >= 0.3 is 5.63 Å². The summed E-state index contributed by atoms with van der Waals surface area (Å²) < 4.78 is 10.9. The lowest BCUT2D eigenvalue weighted by atomic mass is 10.1. The Hall–Kier alpha value is -2.07. The Kier molecular flexibility index (Phi) is 4.53. The standard InChI is InChI=1S/C19H23NO3/c1-4-6-20(7-5-2)11-14-8-19(21)23-18-10-17-15(9-16(14)18)13(3)12-22-17/h8-10,12H,4-7,11H2,1-3H3. The second-order valence-electron chi connectivity index (χ2n) is 6.13. The first-order valence-electron chi connectivity index (χ1n) is 8.29. The molecular weight excluding hydrogens is 290 g/mol. The Labute approximate surface area is 135 Å². The van der Waals surface area contributed by atoms with Crippen LogP contribution < -0.4 is 5.63 Å². The van der Waals surface area contributed by atoms with E-state index in [0.717, 1.165) is 60.0 Å². The van der Waals surface area contributed by atoms with Crippen LogP contribution in [0.2, 0.25) is 0 Å². The molecule has 0 N–H and O–H groups in total. The van der Waals surface area contributed by atoms with E-state index in [0.29, 0.717) is 5.58 Å². The number of benzene rings is 1. The van der Waals surface area contributed by atoms with Crippen LogP contribution >= 0.6 is 0 Å². The summed E-state index contributed by atoms with van der Waals surface area (Å²) in [5.74, 6) is 0. The van der Waals surface area contributed by atoms with Crippen molar-refractivity contribution in [3.8, 4) is 0 Å². The van der Waals surface area contributed by atoms with Crippen LogP contribution in [0.3, 0.4) is 0 Å². The van der Waals surface area contributed by atoms with Gasteiger partial charge in [-0.1, -0.05) is 13.8 Å². The molecule has 1 aromatic carbocycles. The summed E-state index contributed by atoms with van der Waals surface area (Å²) in [5, 5.41) is 2.07. The van der Waals surface area contributed by atoms with Crippen molar-refractivity contribution in [2.45, 2.75) is 40.2 Å². The topological polar surface area (TPSA) is 46.6 Å². The molecule has 0 amide bonds. The second-order valence-corrected chi connectivity index (χ2v) is 6.13. The van der Waals surface area contributed by atoms with Crippen LogP contribution in [-0.4, -0.2) is 18.0 Å². The van der Waals surface area contributed by atoms with Crippen molar-refractivity contribution in [1.29, 1.82) is 0 Å². The number of rotatable bonds is 6. The van der Waals surface area contributed by atoms with Gasteiger partial charge in [0.25, 0.3) is 0 Å². The number of furan rings is 1. The third kappa shape index (κ3) is 3.17. The van der Waals surface area contributed by atoms with Gasteiger partial charge in [0.15, 0.2) is 0 Å². The van der Waals surface area contributed by atoms with Crippen LogP contribution in [0.5, 0.6) is 0 Å². The van der Waals surface area contributed by atoms with Gasteiger partial charge in [0.2, 0.25) is 0 Å². The molecule has 3 rings (SSSR count). The predicted octanol–water partition coefficient (Wildman–Crippen LogP) is 4.47. The minimum Gasteiger partial charge on any atom is -0.464 e. The molecule has 23 heavy (non-hydrogen) atoms. The number of nitrogens with zero attached hydrogens (tertiary/aromatic N) is 1. The first-order valence-corrected chi connectivity index (χ1v) is 8.29. The van der Waals surface area contributed by atoms with E-state index in [-0.39, 0.29) is 5.63 Å².